The molecule has 1 fully saturated rings. The van der Waals surface area contributed by atoms with Crippen LogP contribution in [0.5, 0.6) is 11.5 Å². The quantitative estimate of drug-likeness (QED) is 0.531. The molecule has 3 rings (SSSR count). The van der Waals surface area contributed by atoms with Crippen molar-refractivity contribution in [3.05, 3.63) is 56.4 Å². The highest BCUT2D eigenvalue weighted by Gasteiger charge is 2.50. The third kappa shape index (κ3) is 4.91. The van der Waals surface area contributed by atoms with Crippen LogP contribution in [-0.2, 0) is 19.0 Å². The fraction of sp³-hybridized carbons (Fsp3) is 0.429. The molecular formula is C21H24N2O10. The molecule has 2 N–H and O–H groups in total. The molecule has 1 aromatic heterocycles. The number of benzene rings is 1. The number of nitrogens with one attached hydrogen (secondary N) is 1. The molecule has 0 amide bonds. The number of hydrogen-bond acceptors (Lipinski definition) is 10. The Labute approximate surface area is 187 Å². The van der Waals surface area contributed by atoms with Crippen molar-refractivity contribution in [1.29, 1.82) is 0 Å². The molecule has 4 unspecified atom stereocenters. The van der Waals surface area contributed by atoms with Crippen LogP contribution >= 0.6 is 0 Å². The van der Waals surface area contributed by atoms with Gasteiger partial charge < -0.3 is 28.8 Å². The third-order valence-corrected chi connectivity index (χ3v) is 5.07. The number of H-pyrrole nitrogens is 1. The normalized spacial score (nSPS) is 22.0. The van der Waals surface area contributed by atoms with Crippen LogP contribution in [0.2, 0.25) is 0 Å². The molecule has 12 heteroatoms. The van der Waals surface area contributed by atoms with Crippen molar-refractivity contribution in [2.24, 2.45) is 0 Å². The number of hydrogen-bond donors (Lipinski definition) is 2. The fourth-order valence-electron chi connectivity index (χ4n) is 3.61. The Bertz CT molecular complexity index is 1150. The maximum absolute atomic E-state index is 13.1. The van der Waals surface area contributed by atoms with E-state index in [2.05, 4.69) is 4.98 Å². The summed E-state index contributed by atoms with van der Waals surface area (Å²) in [5.74, 6) is -0.906. The topological polar surface area (TPSA) is 155 Å². The summed E-state index contributed by atoms with van der Waals surface area (Å²) in [5.41, 5.74) is -0.877. The average Bonchev–Trinajstić information content (AvgIpc) is 3.09. The predicted molar refractivity (Wildman–Crippen MR) is 111 cm³/mol. The van der Waals surface area contributed by atoms with Crippen molar-refractivity contribution in [3.8, 4) is 11.5 Å². The van der Waals surface area contributed by atoms with Gasteiger partial charge in [0.2, 0.25) is 0 Å². The summed E-state index contributed by atoms with van der Waals surface area (Å²) in [6.07, 6.45) is -3.82. The van der Waals surface area contributed by atoms with Gasteiger partial charge in [-0.05, 0) is 18.6 Å². The van der Waals surface area contributed by atoms with E-state index in [4.69, 9.17) is 23.7 Å². The van der Waals surface area contributed by atoms with Gasteiger partial charge in [-0.2, -0.15) is 0 Å². The number of esters is 2. The van der Waals surface area contributed by atoms with Gasteiger partial charge in [0.05, 0.1) is 20.8 Å². The van der Waals surface area contributed by atoms with Crippen molar-refractivity contribution < 1.29 is 38.4 Å². The molecule has 2 aromatic rings. The summed E-state index contributed by atoms with van der Waals surface area (Å²) >= 11 is 0. The summed E-state index contributed by atoms with van der Waals surface area (Å²) in [6.45, 7) is 2.18. The first-order chi connectivity index (χ1) is 15.7. The molecule has 12 nitrogen and oxygen atoms in total. The van der Waals surface area contributed by atoms with Gasteiger partial charge in [0.1, 0.15) is 23.2 Å². The number of aromatic amines is 1. The second-order valence-electron chi connectivity index (χ2n) is 7.23. The highest BCUT2D eigenvalue weighted by molar-refractivity contribution is 5.94. The van der Waals surface area contributed by atoms with Gasteiger partial charge in [0, 0.05) is 25.3 Å². The molecular weight excluding hydrogens is 440 g/mol. The van der Waals surface area contributed by atoms with Gasteiger partial charge in [0.15, 0.2) is 18.4 Å². The van der Waals surface area contributed by atoms with Gasteiger partial charge >= 0.3 is 17.6 Å². The Morgan fingerprint density at radius 1 is 1.15 bits per heavy atom. The lowest BCUT2D eigenvalue weighted by Crippen LogP contribution is -2.42. The zero-order valence-electron chi connectivity index (χ0n) is 18.4. The molecule has 0 radical (unpaired) electrons. The number of aryl methyl sites for hydroxylation is 1. The van der Waals surface area contributed by atoms with E-state index < -0.39 is 54.3 Å². The number of aliphatic hydroxyl groups is 1. The number of methoxy groups -OCH3 is 2. The molecule has 0 bridgehead atoms. The van der Waals surface area contributed by atoms with Crippen LogP contribution in [0, 0.1) is 6.92 Å². The van der Waals surface area contributed by atoms with Crippen molar-refractivity contribution in [2.45, 2.75) is 38.4 Å². The average molecular weight is 464 g/mol. The van der Waals surface area contributed by atoms with Gasteiger partial charge in [0.25, 0.3) is 5.56 Å². The molecule has 178 valence electrons. The first-order valence-electron chi connectivity index (χ1n) is 9.88. The van der Waals surface area contributed by atoms with E-state index >= 15 is 0 Å². The van der Waals surface area contributed by atoms with Crippen molar-refractivity contribution in [3.63, 3.8) is 0 Å². The zero-order valence-corrected chi connectivity index (χ0v) is 18.4. The molecule has 1 saturated heterocycles. The third-order valence-electron chi connectivity index (χ3n) is 5.07. The summed E-state index contributed by atoms with van der Waals surface area (Å²) in [6, 6.07) is 4.19. The second-order valence-corrected chi connectivity index (χ2v) is 7.23. The molecule has 2 heterocycles. The first-order valence-corrected chi connectivity index (χ1v) is 9.88. The van der Waals surface area contributed by atoms with Crippen LogP contribution < -0.4 is 20.7 Å². The molecule has 0 aliphatic carbocycles. The monoisotopic (exact) mass is 464 g/mol. The standard InChI is InChI=1S/C21H24N2O10/c1-10-7-12(29-3)8-13(30-4)16(10)20(27)33-17-14(9-24)32-19(18(17)31-11(2)25)23-6-5-15(26)22-21(23)28/h5-8,14,17-19,24H,9H2,1-4H3,(H,22,26,28). The minimum Gasteiger partial charge on any atom is -0.497 e. The van der Waals surface area contributed by atoms with Crippen molar-refractivity contribution in [2.75, 3.05) is 20.8 Å². The van der Waals surface area contributed by atoms with E-state index in [-0.39, 0.29) is 11.3 Å². The van der Waals surface area contributed by atoms with Crippen LogP contribution in [0.3, 0.4) is 0 Å². The number of ether oxygens (including phenoxy) is 5. The van der Waals surface area contributed by atoms with Crippen LogP contribution in [0.4, 0.5) is 0 Å². The van der Waals surface area contributed by atoms with Crippen LogP contribution in [0.15, 0.2) is 34.0 Å². The van der Waals surface area contributed by atoms with E-state index in [1.54, 1.807) is 13.0 Å². The molecule has 1 aliphatic heterocycles. The van der Waals surface area contributed by atoms with E-state index in [1.807, 2.05) is 0 Å². The fourth-order valence-corrected chi connectivity index (χ4v) is 3.61. The van der Waals surface area contributed by atoms with E-state index in [1.165, 1.54) is 20.3 Å². The number of rotatable bonds is 7. The predicted octanol–water partition coefficient (Wildman–Crippen LogP) is -0.0908. The Kier molecular flexibility index (Phi) is 7.19. The van der Waals surface area contributed by atoms with E-state index in [9.17, 15) is 24.3 Å². The number of aliphatic hydroxyl groups excluding tert-OH is 1. The van der Waals surface area contributed by atoms with Crippen molar-refractivity contribution in [1.82, 2.24) is 9.55 Å². The molecule has 33 heavy (non-hydrogen) atoms. The summed E-state index contributed by atoms with van der Waals surface area (Å²) < 4.78 is 28.1. The van der Waals surface area contributed by atoms with Crippen molar-refractivity contribution >= 4 is 11.9 Å². The number of carbonyl (C=O) groups excluding carboxylic acids is 2. The van der Waals surface area contributed by atoms with Crippen LogP contribution in [-0.4, -0.2) is 65.7 Å². The van der Waals surface area contributed by atoms with Gasteiger partial charge in [-0.3, -0.25) is 19.1 Å². The lowest BCUT2D eigenvalue weighted by atomic mass is 10.1. The van der Waals surface area contributed by atoms with Crippen LogP contribution in [0.25, 0.3) is 0 Å². The lowest BCUT2D eigenvalue weighted by Gasteiger charge is -2.24. The minimum atomic E-state index is -1.29. The Hall–Kier alpha value is -3.64. The SMILES string of the molecule is COc1cc(C)c(C(=O)OC2C(CO)OC(n3ccc(=O)[nH]c3=O)C2OC(C)=O)c(OC)c1. The van der Waals surface area contributed by atoms with Gasteiger partial charge in [-0.1, -0.05) is 0 Å². The molecule has 0 saturated carbocycles. The maximum atomic E-state index is 13.1. The Morgan fingerprint density at radius 3 is 2.45 bits per heavy atom. The summed E-state index contributed by atoms with van der Waals surface area (Å²) in [7, 11) is 2.84. The number of nitrogens with zero attached hydrogens (tertiary/aromatic N) is 1. The highest BCUT2D eigenvalue weighted by Crippen LogP contribution is 2.35. The largest absolute Gasteiger partial charge is 0.497 e. The molecule has 4 atom stereocenters. The maximum Gasteiger partial charge on any atom is 0.342 e. The molecule has 0 spiro atoms. The zero-order chi connectivity index (χ0) is 24.3. The minimum absolute atomic E-state index is 0.0984. The molecule has 1 aliphatic rings. The summed E-state index contributed by atoms with van der Waals surface area (Å²) in [5, 5.41) is 9.83. The Balaban J connectivity index is 1.99. The first kappa shape index (κ1) is 24.0. The molecule has 1 aromatic carbocycles. The van der Waals surface area contributed by atoms with Gasteiger partial charge in [-0.15, -0.1) is 0 Å². The Morgan fingerprint density at radius 2 is 1.88 bits per heavy atom. The second kappa shape index (κ2) is 9.88. The summed E-state index contributed by atoms with van der Waals surface area (Å²) in [4.78, 5) is 50.7. The number of aromatic nitrogens is 2. The lowest BCUT2D eigenvalue weighted by molar-refractivity contribution is -0.156. The number of carbonyl (C=O) groups is 2. The smallest absolute Gasteiger partial charge is 0.342 e. The van der Waals surface area contributed by atoms with E-state index in [0.29, 0.717) is 11.3 Å². The van der Waals surface area contributed by atoms with Gasteiger partial charge in [-0.25, -0.2) is 9.59 Å². The van der Waals surface area contributed by atoms with Crippen LogP contribution in [0.1, 0.15) is 29.1 Å². The van der Waals surface area contributed by atoms with E-state index in [0.717, 1.165) is 23.8 Å². The highest BCUT2D eigenvalue weighted by atomic mass is 16.6.